The number of ether oxygens (including phenoxy) is 2. The molecule has 150 valence electrons. The number of aliphatic hydroxyl groups excluding tert-OH is 1. The summed E-state index contributed by atoms with van der Waals surface area (Å²) in [5.74, 6) is -0.483. The van der Waals surface area contributed by atoms with Gasteiger partial charge in [-0.05, 0) is 42.0 Å². The lowest BCUT2D eigenvalue weighted by Gasteiger charge is -2.34. The van der Waals surface area contributed by atoms with Crippen molar-refractivity contribution < 1.29 is 24.2 Å². The van der Waals surface area contributed by atoms with Gasteiger partial charge < -0.3 is 24.8 Å². The first-order chi connectivity index (χ1) is 14.0. The number of carbonyl (C=O) groups excluding carboxylic acids is 2. The maximum Gasteiger partial charge on any atom is 0.256 e. The van der Waals surface area contributed by atoms with Crippen LogP contribution < -0.4 is 10.1 Å². The summed E-state index contributed by atoms with van der Waals surface area (Å²) >= 11 is 0. The predicted octanol–water partition coefficient (Wildman–Crippen LogP) is 1.29. The molecule has 1 aliphatic heterocycles. The Kier molecular flexibility index (Phi) is 6.44. The first-order valence-electron chi connectivity index (χ1n) is 9.04. The van der Waals surface area contributed by atoms with E-state index in [1.54, 1.807) is 48.4 Å². The molecule has 8 nitrogen and oxygen atoms in total. The van der Waals surface area contributed by atoms with Crippen LogP contribution in [0.15, 0.2) is 48.5 Å². The van der Waals surface area contributed by atoms with Gasteiger partial charge in [-0.25, -0.2) is 0 Å². The number of aliphatic hydroxyl groups is 1. The second-order valence-electron chi connectivity index (χ2n) is 6.52. The number of methoxy groups -OCH3 is 1. The highest BCUT2D eigenvalue weighted by Crippen LogP contribution is 2.18. The van der Waals surface area contributed by atoms with Gasteiger partial charge in [-0.1, -0.05) is 12.1 Å². The molecule has 0 aliphatic carbocycles. The number of hydrogen-bond acceptors (Lipinski definition) is 6. The van der Waals surface area contributed by atoms with E-state index in [0.717, 1.165) is 11.3 Å². The molecule has 0 aromatic heterocycles. The van der Waals surface area contributed by atoms with Crippen molar-refractivity contribution in [3.63, 3.8) is 0 Å². The quantitative estimate of drug-likeness (QED) is 0.762. The third-order valence-corrected chi connectivity index (χ3v) is 4.58. The zero-order chi connectivity index (χ0) is 20.8. The third kappa shape index (κ3) is 4.90. The van der Waals surface area contributed by atoms with Crippen molar-refractivity contribution in [1.82, 2.24) is 4.90 Å². The zero-order valence-corrected chi connectivity index (χ0v) is 15.9. The van der Waals surface area contributed by atoms with Gasteiger partial charge in [0.25, 0.3) is 11.8 Å². The minimum Gasteiger partial charge on any atom is -0.497 e. The van der Waals surface area contributed by atoms with Crippen LogP contribution in [0, 0.1) is 11.3 Å². The number of anilines is 1. The summed E-state index contributed by atoms with van der Waals surface area (Å²) in [4.78, 5) is 26.6. The molecule has 0 bridgehead atoms. The van der Waals surface area contributed by atoms with Gasteiger partial charge in [-0.3, -0.25) is 9.59 Å². The van der Waals surface area contributed by atoms with Gasteiger partial charge in [0.15, 0.2) is 12.2 Å². The topological polar surface area (TPSA) is 112 Å². The molecule has 1 fully saturated rings. The lowest BCUT2D eigenvalue weighted by atomic mass is 10.1. The van der Waals surface area contributed by atoms with Crippen LogP contribution >= 0.6 is 0 Å². The average molecular weight is 395 g/mol. The SMILES string of the molecule is COc1ccc(CN2CCO[C@H](C(O)C(=O)Nc3ccc(C#N)cc3)C2=O)cc1. The van der Waals surface area contributed by atoms with E-state index in [2.05, 4.69) is 5.32 Å². The highest BCUT2D eigenvalue weighted by Gasteiger charge is 2.38. The number of amides is 2. The van der Waals surface area contributed by atoms with E-state index in [1.165, 1.54) is 0 Å². The number of nitriles is 1. The van der Waals surface area contributed by atoms with E-state index in [-0.39, 0.29) is 6.61 Å². The van der Waals surface area contributed by atoms with Gasteiger partial charge in [0.1, 0.15) is 5.75 Å². The van der Waals surface area contributed by atoms with Crippen LogP contribution in [0.4, 0.5) is 5.69 Å². The molecule has 1 saturated heterocycles. The van der Waals surface area contributed by atoms with Crippen LogP contribution in [0.5, 0.6) is 5.75 Å². The van der Waals surface area contributed by atoms with Crippen LogP contribution in [0.3, 0.4) is 0 Å². The number of carbonyl (C=O) groups is 2. The second-order valence-corrected chi connectivity index (χ2v) is 6.52. The summed E-state index contributed by atoms with van der Waals surface area (Å²) in [5, 5.41) is 21.7. The van der Waals surface area contributed by atoms with Crippen molar-refractivity contribution in [2.75, 3.05) is 25.6 Å². The van der Waals surface area contributed by atoms with Crippen molar-refractivity contribution >= 4 is 17.5 Å². The van der Waals surface area contributed by atoms with E-state index < -0.39 is 24.0 Å². The zero-order valence-electron chi connectivity index (χ0n) is 15.9. The molecule has 2 aromatic carbocycles. The van der Waals surface area contributed by atoms with Gasteiger partial charge in [-0.15, -0.1) is 0 Å². The third-order valence-electron chi connectivity index (χ3n) is 4.58. The van der Waals surface area contributed by atoms with Crippen LogP contribution in [0.2, 0.25) is 0 Å². The van der Waals surface area contributed by atoms with Gasteiger partial charge >= 0.3 is 0 Å². The molecule has 0 saturated carbocycles. The Balaban J connectivity index is 1.63. The molecule has 8 heteroatoms. The standard InChI is InChI=1S/C21H21N3O5/c1-28-17-8-4-15(5-9-17)13-24-10-11-29-19(21(24)27)18(25)20(26)23-16-6-2-14(12-22)3-7-16/h2-9,18-19,25H,10-11,13H2,1H3,(H,23,26)/t18?,19-/m1/s1. The summed E-state index contributed by atoms with van der Waals surface area (Å²) in [5.41, 5.74) is 1.76. The monoisotopic (exact) mass is 395 g/mol. The maximum atomic E-state index is 12.7. The van der Waals surface area contributed by atoms with E-state index >= 15 is 0 Å². The minimum absolute atomic E-state index is 0.216. The molecule has 29 heavy (non-hydrogen) atoms. The van der Waals surface area contributed by atoms with Gasteiger partial charge in [-0.2, -0.15) is 5.26 Å². The van der Waals surface area contributed by atoms with Crippen molar-refractivity contribution in [3.05, 3.63) is 59.7 Å². The second kappa shape index (κ2) is 9.19. The van der Waals surface area contributed by atoms with Crippen molar-refractivity contribution in [2.24, 2.45) is 0 Å². The number of benzene rings is 2. The molecule has 0 radical (unpaired) electrons. The van der Waals surface area contributed by atoms with Gasteiger partial charge in [0.2, 0.25) is 0 Å². The largest absolute Gasteiger partial charge is 0.497 e. The molecule has 2 amide bonds. The van der Waals surface area contributed by atoms with Crippen LogP contribution in [-0.2, 0) is 20.9 Å². The van der Waals surface area contributed by atoms with E-state index in [1.807, 2.05) is 18.2 Å². The molecule has 1 heterocycles. The fourth-order valence-corrected chi connectivity index (χ4v) is 2.97. The highest BCUT2D eigenvalue weighted by atomic mass is 16.5. The number of rotatable bonds is 6. The molecule has 0 spiro atoms. The minimum atomic E-state index is -1.66. The van der Waals surface area contributed by atoms with E-state index in [0.29, 0.717) is 24.3 Å². The normalized spacial score (nSPS) is 17.3. The molecule has 2 atom stereocenters. The first kappa shape index (κ1) is 20.3. The Hall–Kier alpha value is -3.41. The molecule has 1 aliphatic rings. The molecular weight excluding hydrogens is 374 g/mol. The van der Waals surface area contributed by atoms with E-state index in [9.17, 15) is 14.7 Å². The Morgan fingerprint density at radius 2 is 2.00 bits per heavy atom. The maximum absolute atomic E-state index is 12.7. The summed E-state index contributed by atoms with van der Waals surface area (Å²) in [6, 6.07) is 15.5. The fraction of sp³-hybridized carbons (Fsp3) is 0.286. The van der Waals surface area contributed by atoms with Crippen LogP contribution in [0.25, 0.3) is 0 Å². The summed E-state index contributed by atoms with van der Waals surface area (Å²) in [6.45, 7) is 0.922. The number of nitrogens with one attached hydrogen (secondary N) is 1. The average Bonchev–Trinajstić information content (AvgIpc) is 2.75. The van der Waals surface area contributed by atoms with Crippen LogP contribution in [0.1, 0.15) is 11.1 Å². The van der Waals surface area contributed by atoms with E-state index in [4.69, 9.17) is 14.7 Å². The Bertz CT molecular complexity index is 905. The smallest absolute Gasteiger partial charge is 0.256 e. The van der Waals surface area contributed by atoms with Crippen molar-refractivity contribution in [2.45, 2.75) is 18.8 Å². The Morgan fingerprint density at radius 1 is 1.31 bits per heavy atom. The van der Waals surface area contributed by atoms with Crippen molar-refractivity contribution in [1.29, 1.82) is 5.26 Å². The lowest BCUT2D eigenvalue weighted by Crippen LogP contribution is -2.54. The molecule has 2 N–H and O–H groups in total. The number of morpholine rings is 1. The van der Waals surface area contributed by atoms with Gasteiger partial charge in [0.05, 0.1) is 25.3 Å². The molecule has 1 unspecified atom stereocenters. The fourth-order valence-electron chi connectivity index (χ4n) is 2.97. The number of hydrogen-bond donors (Lipinski definition) is 2. The van der Waals surface area contributed by atoms with Crippen LogP contribution in [-0.4, -0.2) is 54.3 Å². The highest BCUT2D eigenvalue weighted by molar-refractivity contribution is 5.98. The summed E-state index contributed by atoms with van der Waals surface area (Å²) < 4.78 is 10.5. The molecule has 3 rings (SSSR count). The van der Waals surface area contributed by atoms with Gasteiger partial charge in [0, 0.05) is 18.8 Å². The van der Waals surface area contributed by atoms with Crippen molar-refractivity contribution in [3.8, 4) is 11.8 Å². The Morgan fingerprint density at radius 3 is 2.62 bits per heavy atom. The summed E-state index contributed by atoms with van der Waals surface area (Å²) in [7, 11) is 1.58. The number of nitrogens with zero attached hydrogens (tertiary/aromatic N) is 2. The first-order valence-corrected chi connectivity index (χ1v) is 9.04. The molecular formula is C21H21N3O5. The lowest BCUT2D eigenvalue weighted by molar-refractivity contribution is -0.166. The Labute approximate surface area is 168 Å². The predicted molar refractivity (Wildman–Crippen MR) is 104 cm³/mol. The molecule has 2 aromatic rings. The summed E-state index contributed by atoms with van der Waals surface area (Å²) in [6.07, 6.45) is -2.93.